The smallest absolute Gasteiger partial charge is 0.319 e. The maximum Gasteiger partial charge on any atom is 0.319 e. The Bertz CT molecular complexity index is 838. The van der Waals surface area contributed by atoms with E-state index in [1.165, 1.54) is 0 Å². The number of aromatic nitrogens is 2. The molecule has 8 nitrogen and oxygen atoms in total. The zero-order valence-electron chi connectivity index (χ0n) is 14.4. The topological polar surface area (TPSA) is 127 Å². The summed E-state index contributed by atoms with van der Waals surface area (Å²) in [5, 5.41) is 2.13. The number of carbonyl (C=O) groups is 2. The van der Waals surface area contributed by atoms with E-state index in [0.717, 1.165) is 11.8 Å². The lowest BCUT2D eigenvalue weighted by atomic mass is 10.2. The van der Waals surface area contributed by atoms with E-state index in [4.69, 9.17) is 10.5 Å². The number of aromatic amines is 1. The molecule has 0 spiro atoms. The monoisotopic (exact) mass is 376 g/mol. The van der Waals surface area contributed by atoms with Crippen molar-refractivity contribution in [2.75, 3.05) is 17.7 Å². The van der Waals surface area contributed by atoms with Crippen LogP contribution in [0.3, 0.4) is 0 Å². The van der Waals surface area contributed by atoms with Crippen LogP contribution in [0.5, 0.6) is 0 Å². The van der Waals surface area contributed by atoms with E-state index in [-0.39, 0.29) is 29.2 Å². The molecule has 9 heteroatoms. The van der Waals surface area contributed by atoms with Gasteiger partial charge in [-0.05, 0) is 25.5 Å². The number of hydrogen-bond acceptors (Lipinski definition) is 7. The number of rotatable bonds is 7. The van der Waals surface area contributed by atoms with Gasteiger partial charge in [-0.1, -0.05) is 36.9 Å². The number of nitrogens with one attached hydrogen (secondary N) is 2. The second-order valence-corrected chi connectivity index (χ2v) is 6.41. The first-order chi connectivity index (χ1) is 12.5. The van der Waals surface area contributed by atoms with Gasteiger partial charge < -0.3 is 15.8 Å². The third-order valence-electron chi connectivity index (χ3n) is 3.37. The first kappa shape index (κ1) is 19.5. The minimum absolute atomic E-state index is 0.126. The molecule has 138 valence electrons. The number of hydrogen-bond donors (Lipinski definition) is 3. The van der Waals surface area contributed by atoms with Crippen LogP contribution in [0.4, 0.5) is 11.5 Å². The molecule has 0 bridgehead atoms. The number of carbonyl (C=O) groups excluding carboxylic acids is 2. The maximum absolute atomic E-state index is 12.3. The van der Waals surface area contributed by atoms with Crippen LogP contribution in [0.1, 0.15) is 30.6 Å². The Morgan fingerprint density at radius 3 is 2.58 bits per heavy atom. The first-order valence-corrected chi connectivity index (χ1v) is 8.93. The van der Waals surface area contributed by atoms with Crippen molar-refractivity contribution in [2.45, 2.75) is 30.7 Å². The van der Waals surface area contributed by atoms with Gasteiger partial charge in [0.1, 0.15) is 10.9 Å². The minimum Gasteiger partial charge on any atom is -0.465 e. The SMILES string of the molecule is CCOC(=O)[C@@H](CC)Sc1nc(N)c(NC(=O)c2ccccc2)c(=O)[nH]1. The summed E-state index contributed by atoms with van der Waals surface area (Å²) >= 11 is 1.06. The molecular weight excluding hydrogens is 356 g/mol. The fourth-order valence-corrected chi connectivity index (χ4v) is 2.99. The minimum atomic E-state index is -0.594. The normalized spacial score (nSPS) is 11.6. The van der Waals surface area contributed by atoms with Gasteiger partial charge in [0.25, 0.3) is 11.5 Å². The molecule has 0 saturated carbocycles. The maximum atomic E-state index is 12.3. The number of amides is 1. The fraction of sp³-hybridized carbons (Fsp3) is 0.294. The Balaban J connectivity index is 2.18. The summed E-state index contributed by atoms with van der Waals surface area (Å²) in [4.78, 5) is 42.9. The number of nitrogen functional groups attached to an aromatic ring is 1. The molecule has 0 radical (unpaired) electrons. The summed E-state index contributed by atoms with van der Waals surface area (Å²) in [5.74, 6) is -0.982. The molecular formula is C17H20N4O4S. The Morgan fingerprint density at radius 2 is 2.00 bits per heavy atom. The second-order valence-electron chi connectivity index (χ2n) is 5.22. The molecule has 0 saturated heterocycles. The molecule has 1 heterocycles. The van der Waals surface area contributed by atoms with Crippen molar-refractivity contribution >= 4 is 35.1 Å². The zero-order chi connectivity index (χ0) is 19.1. The summed E-state index contributed by atoms with van der Waals surface area (Å²) in [6, 6.07) is 8.42. The number of nitrogens with two attached hydrogens (primary N) is 1. The lowest BCUT2D eigenvalue weighted by molar-refractivity contribution is -0.142. The molecule has 1 amide bonds. The quantitative estimate of drug-likeness (QED) is 0.383. The predicted octanol–water partition coefficient (Wildman–Crippen LogP) is 2.04. The summed E-state index contributed by atoms with van der Waals surface area (Å²) in [7, 11) is 0. The summed E-state index contributed by atoms with van der Waals surface area (Å²) in [6.45, 7) is 3.81. The molecule has 0 aliphatic rings. The van der Waals surface area contributed by atoms with Gasteiger partial charge >= 0.3 is 5.97 Å². The highest BCUT2D eigenvalue weighted by Gasteiger charge is 2.22. The van der Waals surface area contributed by atoms with Crippen molar-refractivity contribution in [3.05, 3.63) is 46.2 Å². The Morgan fingerprint density at radius 1 is 1.31 bits per heavy atom. The highest BCUT2D eigenvalue weighted by atomic mass is 32.2. The molecule has 1 aromatic heterocycles. The number of H-pyrrole nitrogens is 1. The Hall–Kier alpha value is -2.81. The van der Waals surface area contributed by atoms with Crippen molar-refractivity contribution in [2.24, 2.45) is 0 Å². The summed E-state index contributed by atoms with van der Waals surface area (Å²) in [6.07, 6.45) is 0.500. The average Bonchev–Trinajstić information content (AvgIpc) is 2.63. The van der Waals surface area contributed by atoms with Crippen LogP contribution in [0.25, 0.3) is 0 Å². The van der Waals surface area contributed by atoms with Crippen LogP contribution in [0, 0.1) is 0 Å². The molecule has 26 heavy (non-hydrogen) atoms. The molecule has 0 aliphatic heterocycles. The molecule has 2 aromatic rings. The van der Waals surface area contributed by atoms with Crippen LogP contribution in [-0.2, 0) is 9.53 Å². The highest BCUT2D eigenvalue weighted by Crippen LogP contribution is 2.24. The molecule has 2 rings (SSSR count). The van der Waals surface area contributed by atoms with E-state index >= 15 is 0 Å². The molecule has 1 atom stereocenters. The van der Waals surface area contributed by atoms with Gasteiger partial charge in [-0.2, -0.15) is 0 Å². The van der Waals surface area contributed by atoms with Gasteiger partial charge in [0, 0.05) is 5.56 Å². The molecule has 0 aliphatic carbocycles. The zero-order valence-corrected chi connectivity index (χ0v) is 15.3. The first-order valence-electron chi connectivity index (χ1n) is 8.05. The summed E-state index contributed by atoms with van der Waals surface area (Å²) in [5.41, 5.74) is 5.49. The molecule has 0 unspecified atom stereocenters. The van der Waals surface area contributed by atoms with Gasteiger partial charge in [-0.15, -0.1) is 0 Å². The number of esters is 1. The number of benzene rings is 1. The Labute approximate surface area is 154 Å². The number of nitrogens with zero attached hydrogens (tertiary/aromatic N) is 1. The second kappa shape index (κ2) is 9.04. The Kier molecular flexibility index (Phi) is 6.79. The van der Waals surface area contributed by atoms with E-state index in [9.17, 15) is 14.4 Å². The van der Waals surface area contributed by atoms with Crippen LogP contribution >= 0.6 is 11.8 Å². The van der Waals surface area contributed by atoms with Gasteiger partial charge in [0.05, 0.1) is 6.61 Å². The molecule has 4 N–H and O–H groups in total. The fourth-order valence-electron chi connectivity index (χ4n) is 2.09. The third-order valence-corrected chi connectivity index (χ3v) is 4.60. The van der Waals surface area contributed by atoms with Crippen LogP contribution < -0.4 is 16.6 Å². The van der Waals surface area contributed by atoms with Gasteiger partial charge in [0.15, 0.2) is 11.0 Å². The van der Waals surface area contributed by atoms with Gasteiger partial charge in [0.2, 0.25) is 0 Å². The van der Waals surface area contributed by atoms with Crippen LogP contribution in [-0.4, -0.2) is 33.7 Å². The lowest BCUT2D eigenvalue weighted by Crippen LogP contribution is -2.24. The van der Waals surface area contributed by atoms with Gasteiger partial charge in [-0.25, -0.2) is 4.98 Å². The lowest BCUT2D eigenvalue weighted by Gasteiger charge is -2.13. The number of thioether (sulfide) groups is 1. The van der Waals surface area contributed by atoms with Crippen molar-refractivity contribution in [3.8, 4) is 0 Å². The van der Waals surface area contributed by atoms with Crippen molar-refractivity contribution in [1.82, 2.24) is 9.97 Å². The van der Waals surface area contributed by atoms with E-state index in [0.29, 0.717) is 12.0 Å². The van der Waals surface area contributed by atoms with Crippen molar-refractivity contribution < 1.29 is 14.3 Å². The largest absolute Gasteiger partial charge is 0.465 e. The molecule has 0 fully saturated rings. The third kappa shape index (κ3) is 4.85. The van der Waals surface area contributed by atoms with E-state index in [1.54, 1.807) is 37.3 Å². The van der Waals surface area contributed by atoms with Crippen LogP contribution in [0.15, 0.2) is 40.3 Å². The van der Waals surface area contributed by atoms with Crippen molar-refractivity contribution in [1.29, 1.82) is 0 Å². The number of ether oxygens (including phenoxy) is 1. The van der Waals surface area contributed by atoms with Crippen LogP contribution in [0.2, 0.25) is 0 Å². The molecule has 1 aromatic carbocycles. The predicted molar refractivity (Wildman–Crippen MR) is 100 cm³/mol. The number of anilines is 2. The summed E-state index contributed by atoms with van der Waals surface area (Å²) < 4.78 is 4.99. The van der Waals surface area contributed by atoms with E-state index < -0.39 is 16.7 Å². The highest BCUT2D eigenvalue weighted by molar-refractivity contribution is 8.00. The van der Waals surface area contributed by atoms with E-state index in [2.05, 4.69) is 15.3 Å². The van der Waals surface area contributed by atoms with E-state index in [1.807, 2.05) is 6.92 Å². The average molecular weight is 376 g/mol. The van der Waals surface area contributed by atoms with Crippen molar-refractivity contribution in [3.63, 3.8) is 0 Å². The van der Waals surface area contributed by atoms with Gasteiger partial charge in [-0.3, -0.25) is 19.4 Å². The standard InChI is InChI=1S/C17H20N4O4S/c1-3-11(16(24)25-4-2)26-17-20-13(18)12(15(23)21-17)19-14(22)10-8-6-5-7-9-10/h5-9,11H,3-4H2,1-2H3,(H,19,22)(H3,18,20,21,23)/t11-/m1/s1.